The van der Waals surface area contributed by atoms with Crippen LogP contribution in [0.1, 0.15) is 11.8 Å². The van der Waals surface area contributed by atoms with Crippen molar-refractivity contribution in [1.29, 1.82) is 0 Å². The van der Waals surface area contributed by atoms with E-state index in [-0.39, 0.29) is 11.9 Å². The third-order valence-electron chi connectivity index (χ3n) is 4.84. The lowest BCUT2D eigenvalue weighted by molar-refractivity contribution is -0.132. The maximum absolute atomic E-state index is 12.9. The average molecular weight is 372 g/mol. The summed E-state index contributed by atoms with van der Waals surface area (Å²) in [6, 6.07) is 5.23. The van der Waals surface area contributed by atoms with Crippen molar-refractivity contribution in [3.05, 3.63) is 40.8 Å². The molecule has 2 fully saturated rings. The maximum atomic E-state index is 12.9. The van der Waals surface area contributed by atoms with E-state index in [0.717, 1.165) is 31.1 Å². The summed E-state index contributed by atoms with van der Waals surface area (Å²) >= 11 is 1.47. The summed E-state index contributed by atoms with van der Waals surface area (Å²) in [5.74, 6) is 0.520. The molecule has 8 nitrogen and oxygen atoms in total. The first kappa shape index (κ1) is 16.9. The number of anilines is 1. The molecule has 0 aromatic carbocycles. The van der Waals surface area contributed by atoms with E-state index in [9.17, 15) is 9.59 Å². The van der Waals surface area contributed by atoms with Crippen molar-refractivity contribution in [2.75, 3.05) is 37.7 Å². The van der Waals surface area contributed by atoms with Gasteiger partial charge in [0.2, 0.25) is 5.95 Å². The van der Waals surface area contributed by atoms with Gasteiger partial charge in [0.1, 0.15) is 0 Å². The van der Waals surface area contributed by atoms with Crippen LogP contribution in [0.15, 0.2) is 36.0 Å². The first-order chi connectivity index (χ1) is 12.6. The number of rotatable bonds is 4. The molecule has 1 unspecified atom stereocenters. The van der Waals surface area contributed by atoms with Gasteiger partial charge in [0, 0.05) is 43.4 Å². The Bertz CT molecular complexity index is 791. The van der Waals surface area contributed by atoms with Crippen LogP contribution < -0.4 is 10.2 Å². The monoisotopic (exact) mass is 372 g/mol. The van der Waals surface area contributed by atoms with Crippen LogP contribution in [-0.2, 0) is 10.3 Å². The Morgan fingerprint density at radius 2 is 1.88 bits per heavy atom. The lowest BCUT2D eigenvalue weighted by atomic mass is 10.0. The largest absolute Gasteiger partial charge is 0.338 e. The summed E-state index contributed by atoms with van der Waals surface area (Å²) in [5, 5.41) is 4.76. The molecule has 2 aliphatic rings. The maximum Gasteiger partial charge on any atom is 0.326 e. The summed E-state index contributed by atoms with van der Waals surface area (Å²) < 4.78 is 0. The number of aromatic nitrogens is 2. The first-order valence-electron chi connectivity index (χ1n) is 8.50. The number of hydrogen-bond donors (Lipinski definition) is 1. The third kappa shape index (κ3) is 2.93. The highest BCUT2D eigenvalue weighted by molar-refractivity contribution is 7.10. The van der Waals surface area contributed by atoms with Crippen molar-refractivity contribution >= 4 is 29.2 Å². The molecule has 0 saturated carbocycles. The number of carbonyl (C=O) groups is 2. The highest BCUT2D eigenvalue weighted by Crippen LogP contribution is 2.32. The number of urea groups is 1. The van der Waals surface area contributed by atoms with Gasteiger partial charge in [0.15, 0.2) is 5.54 Å². The summed E-state index contributed by atoms with van der Waals surface area (Å²) in [6.07, 6.45) is 3.46. The van der Waals surface area contributed by atoms with Crippen molar-refractivity contribution in [3.8, 4) is 0 Å². The Hall–Kier alpha value is -2.52. The predicted molar refractivity (Wildman–Crippen MR) is 97.7 cm³/mol. The van der Waals surface area contributed by atoms with Crippen LogP contribution in [0.4, 0.5) is 10.7 Å². The molecule has 0 aliphatic carbocycles. The number of amides is 3. The van der Waals surface area contributed by atoms with Crippen molar-refractivity contribution in [1.82, 2.24) is 25.1 Å². The number of imide groups is 1. The molecule has 4 heterocycles. The number of nitrogens with zero attached hydrogens (tertiary/aromatic N) is 5. The molecule has 2 aliphatic heterocycles. The van der Waals surface area contributed by atoms with E-state index >= 15 is 0 Å². The van der Waals surface area contributed by atoms with Crippen LogP contribution in [0.2, 0.25) is 0 Å². The summed E-state index contributed by atoms with van der Waals surface area (Å²) in [7, 11) is 0. The normalized spacial score (nSPS) is 24.2. The Kier molecular flexibility index (Phi) is 4.33. The molecule has 1 N–H and O–H groups in total. The number of thiophene rings is 1. The number of piperazine rings is 1. The molecule has 3 amide bonds. The van der Waals surface area contributed by atoms with E-state index in [2.05, 4.69) is 25.1 Å². The van der Waals surface area contributed by atoms with E-state index in [0.29, 0.717) is 12.6 Å². The Labute approximate surface area is 155 Å². The van der Waals surface area contributed by atoms with E-state index in [1.54, 1.807) is 25.4 Å². The van der Waals surface area contributed by atoms with Crippen molar-refractivity contribution in [3.63, 3.8) is 0 Å². The van der Waals surface area contributed by atoms with E-state index < -0.39 is 5.54 Å². The molecule has 2 saturated heterocycles. The van der Waals surface area contributed by atoms with Gasteiger partial charge in [0.25, 0.3) is 5.91 Å². The highest BCUT2D eigenvalue weighted by Gasteiger charge is 2.50. The van der Waals surface area contributed by atoms with Gasteiger partial charge in [-0.05, 0) is 24.4 Å². The molecule has 4 rings (SSSR count). The molecular formula is C17H20N6O2S. The molecule has 26 heavy (non-hydrogen) atoms. The van der Waals surface area contributed by atoms with Crippen LogP contribution in [0, 0.1) is 0 Å². The molecule has 0 radical (unpaired) electrons. The van der Waals surface area contributed by atoms with Crippen LogP contribution in [0.25, 0.3) is 0 Å². The van der Waals surface area contributed by atoms with Gasteiger partial charge in [-0.25, -0.2) is 19.7 Å². The molecule has 2 aromatic heterocycles. The second-order valence-electron chi connectivity index (χ2n) is 6.56. The van der Waals surface area contributed by atoms with Crippen molar-refractivity contribution in [2.24, 2.45) is 0 Å². The first-order valence-corrected chi connectivity index (χ1v) is 9.38. The van der Waals surface area contributed by atoms with E-state index in [1.165, 1.54) is 16.2 Å². The summed E-state index contributed by atoms with van der Waals surface area (Å²) in [6.45, 7) is 5.07. The molecule has 1 atom stereocenters. The van der Waals surface area contributed by atoms with E-state index in [1.807, 2.05) is 17.5 Å². The van der Waals surface area contributed by atoms with Gasteiger partial charge in [-0.3, -0.25) is 9.69 Å². The molecule has 136 valence electrons. The summed E-state index contributed by atoms with van der Waals surface area (Å²) in [5.41, 5.74) is -0.967. The Morgan fingerprint density at radius 3 is 2.54 bits per heavy atom. The lowest BCUT2D eigenvalue weighted by Crippen LogP contribution is -2.52. The number of hydrogen-bond acceptors (Lipinski definition) is 7. The van der Waals surface area contributed by atoms with Gasteiger partial charge in [0.05, 0.1) is 6.67 Å². The van der Waals surface area contributed by atoms with Crippen LogP contribution in [-0.4, -0.2) is 64.6 Å². The van der Waals surface area contributed by atoms with Gasteiger partial charge >= 0.3 is 6.03 Å². The van der Waals surface area contributed by atoms with Crippen LogP contribution >= 0.6 is 11.3 Å². The Balaban J connectivity index is 1.39. The van der Waals surface area contributed by atoms with Crippen molar-refractivity contribution in [2.45, 2.75) is 12.5 Å². The van der Waals surface area contributed by atoms with Gasteiger partial charge in [-0.2, -0.15) is 0 Å². The average Bonchev–Trinajstić information content (AvgIpc) is 3.28. The minimum Gasteiger partial charge on any atom is -0.338 e. The minimum absolute atomic E-state index is 0.196. The molecular weight excluding hydrogens is 352 g/mol. The van der Waals surface area contributed by atoms with E-state index in [4.69, 9.17) is 0 Å². The zero-order chi connectivity index (χ0) is 18.1. The second kappa shape index (κ2) is 6.65. The zero-order valence-corrected chi connectivity index (χ0v) is 15.3. The third-order valence-corrected chi connectivity index (χ3v) is 5.93. The topological polar surface area (TPSA) is 81.7 Å². The standard InChI is InChI=1S/C17H20N6O2S/c1-17(13-4-2-11-26-13)14(24)23(16(25)20-17)12-21-7-9-22(10-8-21)15-18-5-3-6-19-15/h2-6,11H,7-10,12H2,1H3,(H,20,25). The van der Waals surface area contributed by atoms with Gasteiger partial charge in [-0.15, -0.1) is 11.3 Å². The van der Waals surface area contributed by atoms with Crippen molar-refractivity contribution < 1.29 is 9.59 Å². The highest BCUT2D eigenvalue weighted by atomic mass is 32.1. The fraction of sp³-hybridized carbons (Fsp3) is 0.412. The number of nitrogens with one attached hydrogen (secondary N) is 1. The SMILES string of the molecule is CC1(c2cccs2)NC(=O)N(CN2CCN(c3ncccn3)CC2)C1=O. The number of carbonyl (C=O) groups excluding carboxylic acids is 2. The molecule has 2 aromatic rings. The second-order valence-corrected chi connectivity index (χ2v) is 7.51. The smallest absolute Gasteiger partial charge is 0.326 e. The predicted octanol–water partition coefficient (Wildman–Crippen LogP) is 1.08. The van der Waals surface area contributed by atoms with Crippen LogP contribution in [0.5, 0.6) is 0 Å². The molecule has 0 bridgehead atoms. The molecule has 0 spiro atoms. The quantitative estimate of drug-likeness (QED) is 0.809. The summed E-state index contributed by atoms with van der Waals surface area (Å²) in [4.78, 5) is 40.2. The van der Waals surface area contributed by atoms with Gasteiger partial charge in [-0.1, -0.05) is 6.07 Å². The van der Waals surface area contributed by atoms with Gasteiger partial charge < -0.3 is 10.2 Å². The fourth-order valence-electron chi connectivity index (χ4n) is 3.30. The van der Waals surface area contributed by atoms with Crippen LogP contribution in [0.3, 0.4) is 0 Å². The Morgan fingerprint density at radius 1 is 1.15 bits per heavy atom. The zero-order valence-electron chi connectivity index (χ0n) is 14.5. The minimum atomic E-state index is -0.967. The lowest BCUT2D eigenvalue weighted by Gasteiger charge is -2.35. The molecule has 9 heteroatoms. The fourth-order valence-corrected chi connectivity index (χ4v) is 4.13.